The van der Waals surface area contributed by atoms with Crippen molar-refractivity contribution < 1.29 is 0 Å². The normalized spacial score (nSPS) is 15.9. The van der Waals surface area contributed by atoms with Crippen LogP contribution in [-0.4, -0.2) is 0 Å². The maximum absolute atomic E-state index is 7.14. The zero-order valence-corrected chi connectivity index (χ0v) is 27.9. The summed E-state index contributed by atoms with van der Waals surface area (Å²) in [5.74, 6) is 0. The van der Waals surface area contributed by atoms with Crippen molar-refractivity contribution in [3.63, 3.8) is 0 Å². The number of hydrogen-bond acceptors (Lipinski definition) is 0. The average molecular weight is 644 g/mol. The highest BCUT2D eigenvalue weighted by molar-refractivity contribution is 7.18. The highest BCUT2D eigenvalue weighted by Gasteiger charge is 2.19. The lowest BCUT2D eigenvalue weighted by Crippen LogP contribution is -1.98. The van der Waals surface area contributed by atoms with E-state index in [2.05, 4.69) is 170 Å². The van der Waals surface area contributed by atoms with E-state index in [-0.39, 0.29) is 0 Å². The fourth-order valence-electron chi connectivity index (χ4n) is 6.23. The number of halogens is 1. The fraction of sp³-hybridized carbons (Fsp3) is 0.0889. The lowest BCUT2D eigenvalue weighted by Gasteiger charge is -2.19. The van der Waals surface area contributed by atoms with E-state index < -0.39 is 0 Å². The first kappa shape index (κ1) is 30.8. The predicted octanol–water partition coefficient (Wildman–Crippen LogP) is 13.5. The highest BCUT2D eigenvalue weighted by atomic mass is 35.5. The lowest BCUT2D eigenvalue weighted by molar-refractivity contribution is 0.792. The van der Waals surface area contributed by atoms with E-state index in [1.165, 1.54) is 65.4 Å². The molecule has 0 aliphatic heterocycles. The number of rotatable bonds is 7. The van der Waals surface area contributed by atoms with Gasteiger partial charge in [0.1, 0.15) is 0 Å². The average Bonchev–Trinajstić information content (AvgIpc) is 3.15. The molecule has 7 rings (SSSR count). The fourth-order valence-corrected chi connectivity index (χ4v) is 7.68. The van der Waals surface area contributed by atoms with Gasteiger partial charge in [0.05, 0.1) is 0 Å². The number of benzene rings is 4. The Morgan fingerprint density at radius 1 is 0.532 bits per heavy atom. The van der Waals surface area contributed by atoms with Crippen molar-refractivity contribution in [2.24, 2.45) is 0 Å². The van der Waals surface area contributed by atoms with Crippen molar-refractivity contribution in [3.05, 3.63) is 202 Å². The Kier molecular flexibility index (Phi) is 9.66. The minimum Gasteiger partial charge on any atom is -0.0837 e. The molecule has 0 spiro atoms. The Labute approximate surface area is 287 Å². The minimum absolute atomic E-state index is 0.880. The van der Waals surface area contributed by atoms with Crippen LogP contribution >= 0.6 is 22.9 Å². The third-order valence-electron chi connectivity index (χ3n) is 8.69. The van der Waals surface area contributed by atoms with Crippen molar-refractivity contribution in [2.75, 3.05) is 0 Å². The third-order valence-corrected chi connectivity index (χ3v) is 10.3. The topological polar surface area (TPSA) is 0 Å². The van der Waals surface area contributed by atoms with Crippen molar-refractivity contribution in [1.82, 2.24) is 0 Å². The molecular weight excluding hydrogens is 608 g/mol. The lowest BCUT2D eigenvalue weighted by atomic mass is 9.87. The van der Waals surface area contributed by atoms with Crippen molar-refractivity contribution in [2.45, 2.75) is 25.7 Å². The van der Waals surface area contributed by atoms with Crippen molar-refractivity contribution >= 4 is 40.2 Å². The Morgan fingerprint density at radius 2 is 1.02 bits per heavy atom. The molecule has 0 N–H and O–H groups in total. The third kappa shape index (κ3) is 7.60. The van der Waals surface area contributed by atoms with Gasteiger partial charge >= 0.3 is 0 Å². The van der Waals surface area contributed by atoms with Crippen LogP contribution in [-0.2, 0) is 0 Å². The van der Waals surface area contributed by atoms with Crippen LogP contribution in [0, 0.1) is 0 Å². The Hall–Kier alpha value is -4.82. The summed E-state index contributed by atoms with van der Waals surface area (Å²) in [5.41, 5.74) is 12.4. The van der Waals surface area contributed by atoms with Gasteiger partial charge in [-0.25, -0.2) is 0 Å². The van der Waals surface area contributed by atoms with Crippen LogP contribution in [0.1, 0.15) is 42.4 Å². The number of allylic oxidation sites excluding steroid dienone is 11. The first-order valence-corrected chi connectivity index (χ1v) is 17.5. The molecule has 2 aliphatic carbocycles. The van der Waals surface area contributed by atoms with Crippen LogP contribution in [0.2, 0.25) is 0 Å². The van der Waals surface area contributed by atoms with Gasteiger partial charge in [-0.15, -0.1) is 0 Å². The molecule has 228 valence electrons. The maximum Gasteiger partial charge on any atom is 0.239 e. The number of hydrogen-bond donors (Lipinski definition) is 0. The molecular formula is C45H36ClS+. The van der Waals surface area contributed by atoms with Gasteiger partial charge in [-0.3, -0.25) is 0 Å². The van der Waals surface area contributed by atoms with Crippen LogP contribution in [0.5, 0.6) is 0 Å². The molecule has 5 aromatic rings. The molecule has 0 atom stereocenters. The van der Waals surface area contributed by atoms with Gasteiger partial charge < -0.3 is 0 Å². The van der Waals surface area contributed by atoms with E-state index in [1.807, 2.05) is 11.3 Å². The van der Waals surface area contributed by atoms with Gasteiger partial charge in [0.2, 0.25) is 21.1 Å². The van der Waals surface area contributed by atoms with E-state index in [0.29, 0.717) is 0 Å². The van der Waals surface area contributed by atoms with Gasteiger partial charge in [-0.05, 0) is 94.5 Å². The second-order valence-electron chi connectivity index (χ2n) is 12.0. The molecule has 2 heteroatoms. The van der Waals surface area contributed by atoms with E-state index in [0.717, 1.165) is 30.7 Å². The summed E-state index contributed by atoms with van der Waals surface area (Å²) in [7, 11) is 0. The zero-order valence-electron chi connectivity index (χ0n) is 26.3. The van der Waals surface area contributed by atoms with Gasteiger partial charge in [0.15, 0.2) is 0 Å². The predicted molar refractivity (Wildman–Crippen MR) is 205 cm³/mol. The van der Waals surface area contributed by atoms with Crippen molar-refractivity contribution in [1.29, 1.82) is 0 Å². The highest BCUT2D eigenvalue weighted by Crippen LogP contribution is 2.38. The summed E-state index contributed by atoms with van der Waals surface area (Å²) >= 11 is 8.96. The molecule has 0 radical (unpaired) electrons. The summed E-state index contributed by atoms with van der Waals surface area (Å²) in [4.78, 5) is 2.50. The molecule has 2 aliphatic rings. The summed E-state index contributed by atoms with van der Waals surface area (Å²) < 4.78 is 0. The smallest absolute Gasteiger partial charge is 0.0837 e. The molecule has 0 unspecified atom stereocenters. The standard InChI is InChI=1S/C45H36ClS/c46-45-39(26-24-33-28-41(35-14-5-1-6-15-35)32-42(29-33)36-16-7-2-8-17-36)22-13-23-40(45)27-25-34-30-43(37-18-9-3-10-19-37)47-44(31-34)38-20-11-4-12-21-38/h1-12,14-21,24-31H,13,22-23,32H2/q+1/b27-25+,39-26+. The SMILES string of the molecule is ClC1=C(/C=C/c2cc(-c3ccccc3)[s+]c(-c3ccccc3)c2)CCC/C1=C\C=C1C=C(c2ccccc2)CC(c2ccccc2)=C1. The molecule has 0 saturated carbocycles. The van der Waals surface area contributed by atoms with Crippen LogP contribution in [0.3, 0.4) is 0 Å². The van der Waals surface area contributed by atoms with E-state index in [9.17, 15) is 0 Å². The molecule has 0 bridgehead atoms. The Balaban J connectivity index is 1.21. The molecule has 4 aromatic carbocycles. The summed E-state index contributed by atoms with van der Waals surface area (Å²) in [5, 5.41) is 0.880. The second-order valence-corrected chi connectivity index (χ2v) is 13.4. The van der Waals surface area contributed by atoms with Gasteiger partial charge in [0, 0.05) is 28.3 Å². The Morgan fingerprint density at radius 3 is 1.53 bits per heavy atom. The van der Waals surface area contributed by atoms with Gasteiger partial charge in [0.25, 0.3) is 0 Å². The van der Waals surface area contributed by atoms with Crippen LogP contribution < -0.4 is 0 Å². The molecule has 0 saturated heterocycles. The monoisotopic (exact) mass is 643 g/mol. The first-order valence-electron chi connectivity index (χ1n) is 16.3. The van der Waals surface area contributed by atoms with Gasteiger partial charge in [-0.2, -0.15) is 0 Å². The van der Waals surface area contributed by atoms with E-state index >= 15 is 0 Å². The molecule has 0 nitrogen and oxygen atoms in total. The largest absolute Gasteiger partial charge is 0.239 e. The molecule has 0 fully saturated rings. The van der Waals surface area contributed by atoms with Crippen molar-refractivity contribution in [3.8, 4) is 20.9 Å². The first-order chi connectivity index (χ1) is 23.2. The summed E-state index contributed by atoms with van der Waals surface area (Å²) in [6, 6.07) is 47.3. The van der Waals surface area contributed by atoms with Crippen LogP contribution in [0.25, 0.3) is 38.1 Å². The van der Waals surface area contributed by atoms with Crippen LogP contribution in [0.4, 0.5) is 0 Å². The Bertz CT molecular complexity index is 1930. The van der Waals surface area contributed by atoms with E-state index in [1.54, 1.807) is 0 Å². The molecule has 1 aromatic heterocycles. The minimum atomic E-state index is 0.880. The summed E-state index contributed by atoms with van der Waals surface area (Å²) in [6.07, 6.45) is 17.5. The molecule has 0 amide bonds. The quantitative estimate of drug-likeness (QED) is 0.155. The molecule has 1 heterocycles. The molecule has 47 heavy (non-hydrogen) atoms. The van der Waals surface area contributed by atoms with E-state index in [4.69, 9.17) is 11.6 Å². The second kappa shape index (κ2) is 14.7. The van der Waals surface area contributed by atoms with Crippen LogP contribution in [0.15, 0.2) is 186 Å². The maximum atomic E-state index is 7.14. The summed E-state index contributed by atoms with van der Waals surface area (Å²) in [6.45, 7) is 0. The van der Waals surface area contributed by atoms with Gasteiger partial charge in [-0.1, -0.05) is 145 Å². The zero-order chi connectivity index (χ0) is 31.8.